The Morgan fingerprint density at radius 1 is 1.53 bits per heavy atom. The molecule has 106 valence electrons. The first-order valence-electron chi connectivity index (χ1n) is 6.58. The van der Waals surface area contributed by atoms with Crippen LogP contribution in [0.5, 0.6) is 0 Å². The lowest BCUT2D eigenvalue weighted by Crippen LogP contribution is -2.48. The molecule has 1 saturated heterocycles. The fourth-order valence-corrected chi connectivity index (χ4v) is 2.56. The van der Waals surface area contributed by atoms with Gasteiger partial charge in [-0.15, -0.1) is 0 Å². The number of para-hydroxylation sites is 1. The average molecular weight is 268 g/mol. The minimum absolute atomic E-state index is 0.0496. The molecule has 1 heterocycles. The van der Waals surface area contributed by atoms with Gasteiger partial charge in [-0.3, -0.25) is 0 Å². The molecule has 1 aromatic rings. The van der Waals surface area contributed by atoms with Crippen LogP contribution in [0.4, 0.5) is 10.1 Å². The second-order valence-corrected chi connectivity index (χ2v) is 5.12. The van der Waals surface area contributed by atoms with Crippen molar-refractivity contribution in [2.75, 3.05) is 24.6 Å². The van der Waals surface area contributed by atoms with Gasteiger partial charge < -0.3 is 20.5 Å². The molecule has 1 aliphatic rings. The maximum absolute atomic E-state index is 14.2. The topological polar surface area (TPSA) is 58.7 Å². The maximum atomic E-state index is 14.2. The molecular weight excluding hydrogens is 247 g/mol. The maximum Gasteiger partial charge on any atom is 0.146 e. The van der Waals surface area contributed by atoms with Crippen molar-refractivity contribution in [2.24, 2.45) is 5.73 Å². The number of rotatable bonds is 3. The average Bonchev–Trinajstić information content (AvgIpc) is 2.37. The molecule has 4 nitrogen and oxygen atoms in total. The highest BCUT2D eigenvalue weighted by Gasteiger charge is 2.28. The van der Waals surface area contributed by atoms with Crippen molar-refractivity contribution in [1.29, 1.82) is 0 Å². The van der Waals surface area contributed by atoms with Crippen LogP contribution in [0.1, 0.15) is 25.5 Å². The lowest BCUT2D eigenvalue weighted by molar-refractivity contribution is -0.0422. The summed E-state index contributed by atoms with van der Waals surface area (Å²) in [4.78, 5) is 1.92. The zero-order valence-corrected chi connectivity index (χ0v) is 11.3. The quantitative estimate of drug-likeness (QED) is 0.870. The summed E-state index contributed by atoms with van der Waals surface area (Å²) in [5, 5.41) is 9.25. The molecule has 0 bridgehead atoms. The highest BCUT2D eigenvalue weighted by Crippen LogP contribution is 2.30. The summed E-state index contributed by atoms with van der Waals surface area (Å²) >= 11 is 0. The number of hydrogen-bond acceptors (Lipinski definition) is 4. The van der Waals surface area contributed by atoms with Crippen LogP contribution in [0.3, 0.4) is 0 Å². The van der Waals surface area contributed by atoms with Gasteiger partial charge in [0, 0.05) is 19.1 Å². The number of halogens is 1. The monoisotopic (exact) mass is 268 g/mol. The smallest absolute Gasteiger partial charge is 0.146 e. The third-order valence-electron chi connectivity index (χ3n) is 3.35. The van der Waals surface area contributed by atoms with Crippen molar-refractivity contribution >= 4 is 5.69 Å². The summed E-state index contributed by atoms with van der Waals surface area (Å²) in [6.07, 6.45) is -0.337. The second kappa shape index (κ2) is 5.86. The van der Waals surface area contributed by atoms with E-state index < -0.39 is 0 Å². The predicted octanol–water partition coefficient (Wildman–Crippen LogP) is 1.43. The third kappa shape index (κ3) is 3.05. The molecule has 0 spiro atoms. The first-order chi connectivity index (χ1) is 9.02. The van der Waals surface area contributed by atoms with Crippen LogP contribution in [0, 0.1) is 5.82 Å². The van der Waals surface area contributed by atoms with Crippen LogP contribution in [0.25, 0.3) is 0 Å². The summed E-state index contributed by atoms with van der Waals surface area (Å²) in [5.41, 5.74) is 7.23. The molecule has 1 aromatic carbocycles. The molecule has 1 aliphatic heterocycles. The standard InChI is InChI=1S/C14H21FN2O2/c1-9-6-17(7-11(8-18)19-9)14-12(10(2)16)4-3-5-13(14)15/h3-5,9-11,18H,6-8,16H2,1-2H3/t9?,10-,11?/m1/s1. The van der Waals surface area contributed by atoms with Gasteiger partial charge in [0.2, 0.25) is 0 Å². The minimum Gasteiger partial charge on any atom is -0.394 e. The normalized spacial score (nSPS) is 25.4. The summed E-state index contributed by atoms with van der Waals surface area (Å²) in [7, 11) is 0. The Bertz CT molecular complexity index is 439. The van der Waals surface area contributed by atoms with E-state index >= 15 is 0 Å². The zero-order chi connectivity index (χ0) is 14.0. The Balaban J connectivity index is 2.35. The van der Waals surface area contributed by atoms with E-state index in [1.54, 1.807) is 6.07 Å². The lowest BCUT2D eigenvalue weighted by Gasteiger charge is -2.38. The summed E-state index contributed by atoms with van der Waals surface area (Å²) < 4.78 is 19.7. The van der Waals surface area contributed by atoms with Gasteiger partial charge in [-0.25, -0.2) is 4.39 Å². The SMILES string of the molecule is CC1CN(c2c(F)cccc2[C@@H](C)N)CC(CO)O1. The van der Waals surface area contributed by atoms with Crippen molar-refractivity contribution in [2.45, 2.75) is 32.1 Å². The van der Waals surface area contributed by atoms with Crippen molar-refractivity contribution in [3.8, 4) is 0 Å². The largest absolute Gasteiger partial charge is 0.394 e. The molecule has 19 heavy (non-hydrogen) atoms. The third-order valence-corrected chi connectivity index (χ3v) is 3.35. The molecule has 0 aromatic heterocycles. The van der Waals surface area contributed by atoms with Gasteiger partial charge in [0.05, 0.1) is 24.5 Å². The molecule has 2 unspecified atom stereocenters. The van der Waals surface area contributed by atoms with Crippen LogP contribution in [0.15, 0.2) is 18.2 Å². The van der Waals surface area contributed by atoms with Gasteiger partial charge in [0.15, 0.2) is 0 Å². The molecule has 0 saturated carbocycles. The van der Waals surface area contributed by atoms with Crippen molar-refractivity contribution in [3.05, 3.63) is 29.6 Å². The fraction of sp³-hybridized carbons (Fsp3) is 0.571. The number of morpholine rings is 1. The summed E-state index contributed by atoms with van der Waals surface area (Å²) in [6.45, 7) is 4.76. The number of hydrogen-bond donors (Lipinski definition) is 2. The van der Waals surface area contributed by atoms with Gasteiger partial charge in [0.1, 0.15) is 5.82 Å². The summed E-state index contributed by atoms with van der Waals surface area (Å²) in [6, 6.07) is 4.72. The van der Waals surface area contributed by atoms with E-state index in [1.807, 2.05) is 24.8 Å². The van der Waals surface area contributed by atoms with Crippen LogP contribution in [0.2, 0.25) is 0 Å². The van der Waals surface area contributed by atoms with Crippen LogP contribution in [-0.2, 0) is 4.74 Å². The number of anilines is 1. The number of nitrogens with two attached hydrogens (primary N) is 1. The van der Waals surface area contributed by atoms with Crippen molar-refractivity contribution in [1.82, 2.24) is 0 Å². The Morgan fingerprint density at radius 2 is 2.26 bits per heavy atom. The van der Waals surface area contributed by atoms with Crippen molar-refractivity contribution < 1.29 is 14.2 Å². The molecule has 5 heteroatoms. The fourth-order valence-electron chi connectivity index (χ4n) is 2.56. The molecule has 3 N–H and O–H groups in total. The second-order valence-electron chi connectivity index (χ2n) is 5.12. The Hall–Kier alpha value is -1.17. The molecule has 0 amide bonds. The predicted molar refractivity (Wildman–Crippen MR) is 72.6 cm³/mol. The van der Waals surface area contributed by atoms with Crippen molar-refractivity contribution in [3.63, 3.8) is 0 Å². The van der Waals surface area contributed by atoms with E-state index in [9.17, 15) is 9.50 Å². The first-order valence-corrected chi connectivity index (χ1v) is 6.58. The van der Waals surface area contributed by atoms with Gasteiger partial charge in [0.25, 0.3) is 0 Å². The highest BCUT2D eigenvalue weighted by atomic mass is 19.1. The zero-order valence-electron chi connectivity index (χ0n) is 11.3. The molecule has 0 aliphatic carbocycles. The van der Waals surface area contributed by atoms with E-state index in [1.165, 1.54) is 6.07 Å². The summed E-state index contributed by atoms with van der Waals surface area (Å²) in [5.74, 6) is -0.277. The lowest BCUT2D eigenvalue weighted by atomic mass is 10.0. The Labute approximate surface area is 113 Å². The van der Waals surface area contributed by atoms with E-state index in [-0.39, 0.29) is 30.7 Å². The van der Waals surface area contributed by atoms with E-state index in [0.29, 0.717) is 18.8 Å². The highest BCUT2D eigenvalue weighted by molar-refractivity contribution is 5.56. The first kappa shape index (κ1) is 14.2. The molecule has 2 rings (SSSR count). The molecule has 3 atom stereocenters. The number of ether oxygens (including phenoxy) is 1. The van der Waals surface area contributed by atoms with Gasteiger partial charge in [-0.1, -0.05) is 12.1 Å². The van der Waals surface area contributed by atoms with Crippen LogP contribution >= 0.6 is 0 Å². The van der Waals surface area contributed by atoms with Gasteiger partial charge in [-0.2, -0.15) is 0 Å². The molecule has 0 radical (unpaired) electrons. The number of nitrogens with zero attached hydrogens (tertiary/aromatic N) is 1. The minimum atomic E-state index is -0.288. The van der Waals surface area contributed by atoms with Crippen LogP contribution in [-0.4, -0.2) is 37.0 Å². The number of benzene rings is 1. The number of aliphatic hydroxyl groups excluding tert-OH is 1. The van der Waals surface area contributed by atoms with Crippen LogP contribution < -0.4 is 10.6 Å². The van der Waals surface area contributed by atoms with Gasteiger partial charge in [-0.05, 0) is 25.5 Å². The van der Waals surface area contributed by atoms with E-state index in [0.717, 1.165) is 5.56 Å². The van der Waals surface area contributed by atoms with Gasteiger partial charge >= 0.3 is 0 Å². The Kier molecular flexibility index (Phi) is 4.39. The van der Waals surface area contributed by atoms with E-state index in [2.05, 4.69) is 0 Å². The molecular formula is C14H21FN2O2. The molecule has 1 fully saturated rings. The van der Waals surface area contributed by atoms with E-state index in [4.69, 9.17) is 10.5 Å². The number of aliphatic hydroxyl groups is 1. The Morgan fingerprint density at radius 3 is 2.89 bits per heavy atom.